The maximum absolute atomic E-state index is 13.0. The molecule has 0 saturated carbocycles. The SMILES string of the molecule is Cc1ccc2[nH]c(C3CCN(S(=O)(=O)c4c(C)n[nH]c4C)CC3)c(C)c2c1. The van der Waals surface area contributed by atoms with Gasteiger partial charge in [-0.15, -0.1) is 0 Å². The van der Waals surface area contributed by atoms with Gasteiger partial charge in [-0.25, -0.2) is 8.42 Å². The number of hydrogen-bond acceptors (Lipinski definition) is 3. The molecule has 1 saturated heterocycles. The van der Waals surface area contributed by atoms with Crippen LogP contribution in [0.2, 0.25) is 0 Å². The number of rotatable bonds is 3. The van der Waals surface area contributed by atoms with Crippen LogP contribution in [0.3, 0.4) is 0 Å². The highest BCUT2D eigenvalue weighted by atomic mass is 32.2. The molecule has 1 fully saturated rings. The Balaban J connectivity index is 1.57. The summed E-state index contributed by atoms with van der Waals surface area (Å²) in [6.45, 7) is 8.83. The molecule has 3 heterocycles. The molecule has 0 bridgehead atoms. The van der Waals surface area contributed by atoms with E-state index >= 15 is 0 Å². The highest BCUT2D eigenvalue weighted by Crippen LogP contribution is 2.35. The molecule has 4 rings (SSSR count). The van der Waals surface area contributed by atoms with E-state index in [1.165, 1.54) is 22.2 Å². The summed E-state index contributed by atoms with van der Waals surface area (Å²) in [4.78, 5) is 3.91. The first-order valence-electron chi connectivity index (χ1n) is 9.39. The second kappa shape index (κ2) is 6.49. The summed E-state index contributed by atoms with van der Waals surface area (Å²) in [6, 6.07) is 6.47. The van der Waals surface area contributed by atoms with Crippen molar-refractivity contribution < 1.29 is 8.42 Å². The van der Waals surface area contributed by atoms with Crippen LogP contribution in [-0.2, 0) is 10.0 Å². The minimum Gasteiger partial charge on any atom is -0.358 e. The van der Waals surface area contributed by atoms with E-state index in [1.54, 1.807) is 18.2 Å². The summed E-state index contributed by atoms with van der Waals surface area (Å²) in [5.74, 6) is 0.357. The van der Waals surface area contributed by atoms with Gasteiger partial charge in [0.25, 0.3) is 0 Å². The molecule has 3 aromatic rings. The highest BCUT2D eigenvalue weighted by molar-refractivity contribution is 7.89. The molecule has 0 amide bonds. The minimum atomic E-state index is -3.50. The molecule has 2 aromatic heterocycles. The Hall–Kier alpha value is -2.12. The van der Waals surface area contributed by atoms with Gasteiger partial charge in [0.15, 0.2) is 0 Å². The van der Waals surface area contributed by atoms with Crippen LogP contribution in [0.25, 0.3) is 10.9 Å². The van der Waals surface area contributed by atoms with E-state index in [9.17, 15) is 8.42 Å². The van der Waals surface area contributed by atoms with Gasteiger partial charge in [0.05, 0.1) is 11.4 Å². The Labute approximate surface area is 160 Å². The summed E-state index contributed by atoms with van der Waals surface area (Å²) in [7, 11) is -3.50. The standard InChI is InChI=1S/C20H26N4O2S/c1-12-5-6-18-17(11-12)13(2)19(21-18)16-7-9-24(10-8-16)27(25,26)20-14(3)22-23-15(20)4/h5-6,11,16,21H,7-10H2,1-4H3,(H,22,23). The molecule has 1 aromatic carbocycles. The third-order valence-corrected chi connectivity index (χ3v) is 7.94. The van der Waals surface area contributed by atoms with Crippen LogP contribution < -0.4 is 0 Å². The molecule has 1 aliphatic rings. The van der Waals surface area contributed by atoms with E-state index in [-0.39, 0.29) is 0 Å². The van der Waals surface area contributed by atoms with Crippen molar-refractivity contribution in [1.82, 2.24) is 19.5 Å². The summed E-state index contributed by atoms with van der Waals surface area (Å²) >= 11 is 0. The van der Waals surface area contributed by atoms with Crippen molar-refractivity contribution in [2.24, 2.45) is 0 Å². The van der Waals surface area contributed by atoms with E-state index < -0.39 is 10.0 Å². The lowest BCUT2D eigenvalue weighted by Crippen LogP contribution is -2.38. The lowest BCUT2D eigenvalue weighted by atomic mass is 9.92. The zero-order valence-corrected chi connectivity index (χ0v) is 17.1. The number of sulfonamides is 1. The molecule has 2 N–H and O–H groups in total. The highest BCUT2D eigenvalue weighted by Gasteiger charge is 2.34. The number of H-pyrrole nitrogens is 2. The van der Waals surface area contributed by atoms with E-state index in [4.69, 9.17) is 0 Å². The van der Waals surface area contributed by atoms with Crippen LogP contribution in [0.4, 0.5) is 0 Å². The molecule has 0 unspecified atom stereocenters. The molecule has 6 nitrogen and oxygen atoms in total. The second-order valence-corrected chi connectivity index (χ2v) is 9.53. The van der Waals surface area contributed by atoms with Crippen molar-refractivity contribution >= 4 is 20.9 Å². The van der Waals surface area contributed by atoms with Crippen molar-refractivity contribution in [3.63, 3.8) is 0 Å². The van der Waals surface area contributed by atoms with Crippen LogP contribution in [0.5, 0.6) is 0 Å². The molecule has 7 heteroatoms. The van der Waals surface area contributed by atoms with Crippen LogP contribution in [0, 0.1) is 27.7 Å². The monoisotopic (exact) mass is 386 g/mol. The predicted molar refractivity (Wildman–Crippen MR) is 107 cm³/mol. The van der Waals surface area contributed by atoms with Gasteiger partial charge in [-0.05, 0) is 58.2 Å². The lowest BCUT2D eigenvalue weighted by molar-refractivity contribution is 0.316. The van der Waals surface area contributed by atoms with Crippen molar-refractivity contribution in [1.29, 1.82) is 0 Å². The van der Waals surface area contributed by atoms with Crippen molar-refractivity contribution in [2.45, 2.75) is 51.3 Å². The molecule has 144 valence electrons. The topological polar surface area (TPSA) is 81.8 Å². The van der Waals surface area contributed by atoms with E-state index in [1.807, 2.05) is 0 Å². The summed E-state index contributed by atoms with van der Waals surface area (Å²) in [5.41, 5.74) is 6.10. The first-order chi connectivity index (χ1) is 12.8. The maximum Gasteiger partial charge on any atom is 0.246 e. The summed E-state index contributed by atoms with van der Waals surface area (Å²) in [6.07, 6.45) is 1.64. The van der Waals surface area contributed by atoms with E-state index in [0.717, 1.165) is 18.4 Å². The summed E-state index contributed by atoms with van der Waals surface area (Å²) < 4.78 is 27.7. The number of piperidine rings is 1. The number of aromatic amines is 2. The van der Waals surface area contributed by atoms with Gasteiger partial charge >= 0.3 is 0 Å². The Bertz CT molecular complexity index is 1080. The number of benzene rings is 1. The maximum atomic E-state index is 13.0. The molecule has 0 atom stereocenters. The van der Waals surface area contributed by atoms with Crippen molar-refractivity contribution in [2.75, 3.05) is 13.1 Å². The average molecular weight is 387 g/mol. The predicted octanol–water partition coefficient (Wildman–Crippen LogP) is 3.69. The largest absolute Gasteiger partial charge is 0.358 e. The van der Waals surface area contributed by atoms with Crippen molar-refractivity contribution in [3.8, 4) is 0 Å². The zero-order chi connectivity index (χ0) is 19.3. The first-order valence-corrected chi connectivity index (χ1v) is 10.8. The van der Waals surface area contributed by atoms with Gasteiger partial charge in [0, 0.05) is 35.6 Å². The van der Waals surface area contributed by atoms with Gasteiger partial charge in [-0.3, -0.25) is 5.10 Å². The van der Waals surface area contributed by atoms with E-state index in [0.29, 0.717) is 35.3 Å². The Kier molecular flexibility index (Phi) is 4.39. The fourth-order valence-corrected chi connectivity index (χ4v) is 6.11. The Morgan fingerprint density at radius 2 is 1.81 bits per heavy atom. The number of nitrogens with one attached hydrogen (secondary N) is 2. The van der Waals surface area contributed by atoms with E-state index in [2.05, 4.69) is 47.2 Å². The number of hydrogen-bond donors (Lipinski definition) is 2. The average Bonchev–Trinajstić information content (AvgIpc) is 3.15. The minimum absolute atomic E-state index is 0.332. The van der Waals surface area contributed by atoms with Crippen LogP contribution >= 0.6 is 0 Å². The van der Waals surface area contributed by atoms with Gasteiger partial charge in [-0.1, -0.05) is 11.6 Å². The Morgan fingerprint density at radius 1 is 1.11 bits per heavy atom. The quantitative estimate of drug-likeness (QED) is 0.720. The third kappa shape index (κ3) is 2.99. The van der Waals surface area contributed by atoms with Crippen LogP contribution in [0.1, 0.15) is 47.0 Å². The first kappa shape index (κ1) is 18.3. The molecule has 0 radical (unpaired) electrons. The fourth-order valence-electron chi connectivity index (χ4n) is 4.30. The molecule has 0 aliphatic carbocycles. The van der Waals surface area contributed by atoms with Gasteiger partial charge in [-0.2, -0.15) is 9.40 Å². The second-order valence-electron chi connectivity index (χ2n) is 7.65. The molecular formula is C20H26N4O2S. The summed E-state index contributed by atoms with van der Waals surface area (Å²) in [5, 5.41) is 8.10. The lowest BCUT2D eigenvalue weighted by Gasteiger charge is -2.31. The normalized spacial score (nSPS) is 17.0. The van der Waals surface area contributed by atoms with Crippen LogP contribution in [0.15, 0.2) is 23.1 Å². The molecule has 1 aliphatic heterocycles. The molecule has 27 heavy (non-hydrogen) atoms. The smallest absolute Gasteiger partial charge is 0.246 e. The number of aryl methyl sites for hydroxylation is 4. The van der Waals surface area contributed by atoms with Gasteiger partial charge < -0.3 is 4.98 Å². The molecule has 0 spiro atoms. The third-order valence-electron chi connectivity index (χ3n) is 5.77. The van der Waals surface area contributed by atoms with Crippen LogP contribution in [-0.4, -0.2) is 41.0 Å². The fraction of sp³-hybridized carbons (Fsp3) is 0.450. The van der Waals surface area contributed by atoms with Gasteiger partial charge in [0.1, 0.15) is 4.90 Å². The zero-order valence-electron chi connectivity index (χ0n) is 16.3. The molecular weight excluding hydrogens is 360 g/mol. The van der Waals surface area contributed by atoms with Gasteiger partial charge in [0.2, 0.25) is 10.0 Å². The number of fused-ring (bicyclic) bond motifs is 1. The Morgan fingerprint density at radius 3 is 2.44 bits per heavy atom. The number of nitrogens with zero attached hydrogens (tertiary/aromatic N) is 2. The number of aromatic nitrogens is 3. The van der Waals surface area contributed by atoms with Crippen molar-refractivity contribution in [3.05, 3.63) is 46.4 Å².